The third-order valence-electron chi connectivity index (χ3n) is 2.12. The molecule has 0 bridgehead atoms. The van der Waals surface area contributed by atoms with E-state index in [-0.39, 0.29) is 11.5 Å². The van der Waals surface area contributed by atoms with Crippen LogP contribution in [-0.4, -0.2) is 17.0 Å². The maximum absolute atomic E-state index is 11.7. The van der Waals surface area contributed by atoms with Crippen LogP contribution in [0.3, 0.4) is 0 Å². The Bertz CT molecular complexity index is 411. The third-order valence-corrected chi connectivity index (χ3v) is 2.12. The number of hydrogen-bond donors (Lipinski definition) is 2. The van der Waals surface area contributed by atoms with E-state index < -0.39 is 5.54 Å². The average Bonchev–Trinajstić information content (AvgIpc) is 2.17. The van der Waals surface area contributed by atoms with Gasteiger partial charge in [0.25, 0.3) is 0 Å². The number of carbonyl (C=O) groups excluding carboxylic acids is 1. The van der Waals surface area contributed by atoms with Crippen molar-refractivity contribution in [3.05, 3.63) is 24.3 Å². The Morgan fingerprint density at radius 2 is 1.61 bits per heavy atom. The topological polar surface area (TPSA) is 64.3 Å². The second-order valence-corrected chi connectivity index (χ2v) is 5.91. The molecular formula is C14H22N2O2. The van der Waals surface area contributed by atoms with Crippen molar-refractivity contribution >= 4 is 11.6 Å². The first-order valence-corrected chi connectivity index (χ1v) is 5.97. The van der Waals surface area contributed by atoms with Gasteiger partial charge in [0.05, 0.1) is 5.54 Å². The van der Waals surface area contributed by atoms with Gasteiger partial charge in [-0.3, -0.25) is 4.79 Å². The van der Waals surface area contributed by atoms with Crippen LogP contribution in [0.1, 0.15) is 34.6 Å². The predicted octanol–water partition coefficient (Wildman–Crippen LogP) is 2.54. The summed E-state index contributed by atoms with van der Waals surface area (Å²) >= 11 is 0. The number of benzene rings is 1. The van der Waals surface area contributed by atoms with Crippen molar-refractivity contribution in [1.82, 2.24) is 0 Å². The fourth-order valence-corrected chi connectivity index (χ4v) is 1.25. The zero-order valence-corrected chi connectivity index (χ0v) is 11.7. The summed E-state index contributed by atoms with van der Waals surface area (Å²) in [5.41, 5.74) is 5.29. The second-order valence-electron chi connectivity index (χ2n) is 5.91. The molecule has 0 atom stereocenters. The van der Waals surface area contributed by atoms with Crippen molar-refractivity contribution in [3.63, 3.8) is 0 Å². The number of ether oxygens (including phenoxy) is 1. The smallest absolute Gasteiger partial charge is 0.243 e. The first kappa shape index (κ1) is 14.5. The van der Waals surface area contributed by atoms with Gasteiger partial charge in [-0.25, -0.2) is 0 Å². The van der Waals surface area contributed by atoms with Crippen molar-refractivity contribution in [2.45, 2.75) is 45.8 Å². The highest BCUT2D eigenvalue weighted by Gasteiger charge is 2.21. The minimum absolute atomic E-state index is 0.216. The van der Waals surface area contributed by atoms with E-state index in [4.69, 9.17) is 10.5 Å². The molecule has 1 rings (SSSR count). The predicted molar refractivity (Wildman–Crippen MR) is 73.7 cm³/mol. The van der Waals surface area contributed by atoms with Crippen molar-refractivity contribution in [1.29, 1.82) is 0 Å². The molecule has 1 aromatic rings. The minimum atomic E-state index is -0.888. The Morgan fingerprint density at radius 1 is 1.11 bits per heavy atom. The van der Waals surface area contributed by atoms with E-state index >= 15 is 0 Å². The second kappa shape index (κ2) is 4.98. The number of carbonyl (C=O) groups is 1. The third kappa shape index (κ3) is 4.75. The molecule has 1 amide bonds. The van der Waals surface area contributed by atoms with Gasteiger partial charge in [-0.2, -0.15) is 0 Å². The Balaban J connectivity index is 2.70. The Hall–Kier alpha value is -1.55. The minimum Gasteiger partial charge on any atom is -0.488 e. The molecule has 1 aromatic carbocycles. The van der Waals surface area contributed by atoms with Crippen LogP contribution in [-0.2, 0) is 4.79 Å². The molecule has 100 valence electrons. The molecule has 0 aliphatic heterocycles. The van der Waals surface area contributed by atoms with E-state index in [0.29, 0.717) is 5.69 Å². The summed E-state index contributed by atoms with van der Waals surface area (Å²) in [6.07, 6.45) is 0. The molecule has 0 heterocycles. The lowest BCUT2D eigenvalue weighted by atomic mass is 10.1. The van der Waals surface area contributed by atoms with Gasteiger partial charge in [-0.15, -0.1) is 0 Å². The highest BCUT2D eigenvalue weighted by Crippen LogP contribution is 2.20. The van der Waals surface area contributed by atoms with Crippen LogP contribution in [0.5, 0.6) is 5.75 Å². The SMILES string of the molecule is CC(C)(C)Oc1ccc(NC(=O)C(C)(C)N)cc1. The van der Waals surface area contributed by atoms with Crippen molar-refractivity contribution in [2.24, 2.45) is 5.73 Å². The van der Waals surface area contributed by atoms with Crippen LogP contribution in [0.25, 0.3) is 0 Å². The highest BCUT2D eigenvalue weighted by molar-refractivity contribution is 5.97. The van der Waals surface area contributed by atoms with E-state index in [1.807, 2.05) is 32.9 Å². The van der Waals surface area contributed by atoms with E-state index in [0.717, 1.165) is 5.75 Å². The first-order valence-electron chi connectivity index (χ1n) is 5.97. The van der Waals surface area contributed by atoms with E-state index in [1.54, 1.807) is 26.0 Å². The molecule has 0 saturated carbocycles. The van der Waals surface area contributed by atoms with Gasteiger partial charge in [0.1, 0.15) is 11.4 Å². The molecule has 0 unspecified atom stereocenters. The molecule has 0 aliphatic carbocycles. The molecular weight excluding hydrogens is 228 g/mol. The number of nitrogens with two attached hydrogens (primary N) is 1. The van der Waals surface area contributed by atoms with E-state index in [9.17, 15) is 4.79 Å². The van der Waals surface area contributed by atoms with Crippen LogP contribution < -0.4 is 15.8 Å². The molecule has 4 nitrogen and oxygen atoms in total. The molecule has 18 heavy (non-hydrogen) atoms. The Morgan fingerprint density at radius 3 is 2.00 bits per heavy atom. The maximum Gasteiger partial charge on any atom is 0.243 e. The van der Waals surface area contributed by atoms with Crippen LogP contribution >= 0.6 is 0 Å². The van der Waals surface area contributed by atoms with Gasteiger partial charge in [-0.05, 0) is 58.9 Å². The summed E-state index contributed by atoms with van der Waals surface area (Å²) in [6.45, 7) is 9.29. The molecule has 0 aliphatic rings. The summed E-state index contributed by atoms with van der Waals surface area (Å²) in [7, 11) is 0. The zero-order valence-electron chi connectivity index (χ0n) is 11.7. The van der Waals surface area contributed by atoms with Gasteiger partial charge >= 0.3 is 0 Å². The lowest BCUT2D eigenvalue weighted by Gasteiger charge is -2.21. The quantitative estimate of drug-likeness (QED) is 0.866. The number of amides is 1. The monoisotopic (exact) mass is 250 g/mol. The Labute approximate surface area is 109 Å². The normalized spacial score (nSPS) is 12.1. The lowest BCUT2D eigenvalue weighted by Crippen LogP contribution is -2.45. The molecule has 0 fully saturated rings. The van der Waals surface area contributed by atoms with Gasteiger partial charge in [0.15, 0.2) is 0 Å². The van der Waals surface area contributed by atoms with Crippen LogP contribution in [0.2, 0.25) is 0 Å². The average molecular weight is 250 g/mol. The fraction of sp³-hybridized carbons (Fsp3) is 0.500. The summed E-state index contributed by atoms with van der Waals surface area (Å²) in [4.78, 5) is 11.7. The molecule has 0 aromatic heterocycles. The number of rotatable bonds is 3. The van der Waals surface area contributed by atoms with Crippen LogP contribution in [0, 0.1) is 0 Å². The highest BCUT2D eigenvalue weighted by atomic mass is 16.5. The molecule has 0 saturated heterocycles. The molecule has 3 N–H and O–H groups in total. The van der Waals surface area contributed by atoms with Crippen molar-refractivity contribution in [3.8, 4) is 5.75 Å². The zero-order chi connectivity index (χ0) is 14.0. The van der Waals surface area contributed by atoms with E-state index in [2.05, 4.69) is 5.32 Å². The lowest BCUT2D eigenvalue weighted by molar-refractivity contribution is -0.120. The number of anilines is 1. The van der Waals surface area contributed by atoms with Crippen LogP contribution in [0.4, 0.5) is 5.69 Å². The van der Waals surface area contributed by atoms with Gasteiger partial charge < -0.3 is 15.8 Å². The Kier molecular flexibility index (Phi) is 4.02. The van der Waals surface area contributed by atoms with Gasteiger partial charge in [0, 0.05) is 5.69 Å². The number of hydrogen-bond acceptors (Lipinski definition) is 3. The molecule has 0 spiro atoms. The molecule has 0 radical (unpaired) electrons. The number of nitrogens with one attached hydrogen (secondary N) is 1. The summed E-state index contributed by atoms with van der Waals surface area (Å²) in [5.74, 6) is 0.555. The summed E-state index contributed by atoms with van der Waals surface area (Å²) < 4.78 is 5.69. The van der Waals surface area contributed by atoms with Crippen LogP contribution in [0.15, 0.2) is 24.3 Å². The standard InChI is InChI=1S/C14H22N2O2/c1-13(2,3)18-11-8-6-10(7-9-11)16-12(17)14(4,5)15/h6-9H,15H2,1-5H3,(H,16,17). The van der Waals surface area contributed by atoms with E-state index in [1.165, 1.54) is 0 Å². The molecule has 4 heteroatoms. The maximum atomic E-state index is 11.7. The summed E-state index contributed by atoms with van der Waals surface area (Å²) in [6, 6.07) is 7.24. The fourth-order valence-electron chi connectivity index (χ4n) is 1.25. The van der Waals surface area contributed by atoms with Gasteiger partial charge in [-0.1, -0.05) is 0 Å². The van der Waals surface area contributed by atoms with Gasteiger partial charge in [0.2, 0.25) is 5.91 Å². The van der Waals surface area contributed by atoms with Crippen molar-refractivity contribution < 1.29 is 9.53 Å². The summed E-state index contributed by atoms with van der Waals surface area (Å²) in [5, 5.41) is 2.75. The largest absolute Gasteiger partial charge is 0.488 e. The van der Waals surface area contributed by atoms with Crippen molar-refractivity contribution in [2.75, 3.05) is 5.32 Å². The first-order chi connectivity index (χ1) is 8.08.